The van der Waals surface area contributed by atoms with Crippen molar-refractivity contribution in [2.45, 2.75) is 44.2 Å². The van der Waals surface area contributed by atoms with Gasteiger partial charge in [-0.3, -0.25) is 9.36 Å². The number of nitrogens with one attached hydrogen (secondary N) is 1. The van der Waals surface area contributed by atoms with Gasteiger partial charge in [0.25, 0.3) is 0 Å². The Kier molecular flexibility index (Phi) is 6.91. The first-order chi connectivity index (χ1) is 13.4. The third-order valence-corrected chi connectivity index (χ3v) is 5.91. The van der Waals surface area contributed by atoms with E-state index in [2.05, 4.69) is 15.2 Å². The van der Waals surface area contributed by atoms with E-state index >= 15 is 0 Å². The maximum absolute atomic E-state index is 12.6. The van der Waals surface area contributed by atoms with E-state index < -0.39 is 0 Å². The lowest BCUT2D eigenvalue weighted by Gasteiger charge is -2.23. The first-order valence-corrected chi connectivity index (χ1v) is 10.7. The Morgan fingerprint density at radius 2 is 1.93 bits per heavy atom. The van der Waals surface area contributed by atoms with Gasteiger partial charge in [-0.15, -0.1) is 0 Å². The molecule has 0 unspecified atom stereocenters. The van der Waals surface area contributed by atoms with Crippen LogP contribution < -0.4 is 11.0 Å². The van der Waals surface area contributed by atoms with Crippen LogP contribution in [0.4, 0.5) is 5.69 Å². The van der Waals surface area contributed by atoms with E-state index in [0.717, 1.165) is 59.8 Å². The van der Waals surface area contributed by atoms with E-state index in [9.17, 15) is 9.59 Å². The number of amides is 1. The number of hydrogen-bond donors (Lipinski definition) is 1. The number of carbonyl (C=O) groups is 1. The highest BCUT2D eigenvalue weighted by Crippen LogP contribution is 2.28. The van der Waals surface area contributed by atoms with Gasteiger partial charge in [-0.25, -0.2) is 4.79 Å². The Morgan fingerprint density at radius 1 is 1.21 bits per heavy atom. The zero-order chi connectivity index (χ0) is 20.1. The molecule has 0 fully saturated rings. The number of benzene rings is 1. The van der Waals surface area contributed by atoms with Gasteiger partial charge in [-0.1, -0.05) is 29.5 Å². The van der Waals surface area contributed by atoms with E-state index in [1.54, 1.807) is 0 Å². The maximum Gasteiger partial charge on any atom is 0.348 e. The highest BCUT2D eigenvalue weighted by molar-refractivity contribution is 8.00. The van der Waals surface area contributed by atoms with Gasteiger partial charge in [0.05, 0.1) is 5.75 Å². The molecule has 0 radical (unpaired) electrons. The van der Waals surface area contributed by atoms with E-state index in [1.807, 2.05) is 49.9 Å². The molecule has 0 bridgehead atoms. The van der Waals surface area contributed by atoms with Crippen molar-refractivity contribution in [1.82, 2.24) is 14.5 Å². The highest BCUT2D eigenvalue weighted by atomic mass is 32.2. The SMILES string of the molecule is Cc1ccc(NC(=O)CSc2nc(=O)n(CCN(C)C)c3c2CCCC3)cc1. The number of aromatic nitrogens is 2. The van der Waals surface area contributed by atoms with Gasteiger partial charge in [0, 0.05) is 30.0 Å². The van der Waals surface area contributed by atoms with Gasteiger partial charge in [-0.05, 0) is 58.8 Å². The normalized spacial score (nSPS) is 13.4. The second-order valence-corrected chi connectivity index (χ2v) is 8.45. The van der Waals surface area contributed by atoms with E-state index in [4.69, 9.17) is 0 Å². The summed E-state index contributed by atoms with van der Waals surface area (Å²) in [4.78, 5) is 31.3. The highest BCUT2D eigenvalue weighted by Gasteiger charge is 2.21. The molecular weight excluding hydrogens is 372 g/mol. The number of hydrogen-bond acceptors (Lipinski definition) is 5. The van der Waals surface area contributed by atoms with Crippen LogP contribution in [0.5, 0.6) is 0 Å². The molecule has 1 aliphatic carbocycles. The summed E-state index contributed by atoms with van der Waals surface area (Å²) < 4.78 is 1.82. The molecular formula is C21H28N4O2S. The molecule has 1 N–H and O–H groups in total. The molecule has 1 heterocycles. The number of aryl methyl sites for hydroxylation is 1. The van der Waals surface area contributed by atoms with Crippen LogP contribution >= 0.6 is 11.8 Å². The summed E-state index contributed by atoms with van der Waals surface area (Å²) in [6.45, 7) is 3.47. The van der Waals surface area contributed by atoms with Crippen molar-refractivity contribution in [2.75, 3.05) is 31.7 Å². The van der Waals surface area contributed by atoms with Crippen molar-refractivity contribution in [3.63, 3.8) is 0 Å². The fraction of sp³-hybridized carbons (Fsp3) is 0.476. The molecule has 7 heteroatoms. The molecule has 0 aliphatic heterocycles. The van der Waals surface area contributed by atoms with E-state index in [1.165, 1.54) is 11.8 Å². The molecule has 0 spiro atoms. The van der Waals surface area contributed by atoms with Gasteiger partial charge in [0.2, 0.25) is 5.91 Å². The smallest absolute Gasteiger partial charge is 0.325 e. The number of thioether (sulfide) groups is 1. The van der Waals surface area contributed by atoms with Gasteiger partial charge in [-0.2, -0.15) is 4.98 Å². The number of likely N-dealkylation sites (N-methyl/N-ethyl adjacent to an activating group) is 1. The summed E-state index contributed by atoms with van der Waals surface area (Å²) in [6.07, 6.45) is 4.02. The first kappa shape index (κ1) is 20.6. The number of fused-ring (bicyclic) bond motifs is 1. The van der Waals surface area contributed by atoms with Gasteiger partial charge < -0.3 is 10.2 Å². The van der Waals surface area contributed by atoms with Crippen molar-refractivity contribution in [3.05, 3.63) is 51.6 Å². The molecule has 1 amide bonds. The minimum atomic E-state index is -0.205. The lowest BCUT2D eigenvalue weighted by molar-refractivity contribution is -0.113. The standard InChI is InChI=1S/C21H28N4O2S/c1-15-8-10-16(11-9-15)22-19(26)14-28-20-17-6-4-5-7-18(17)25(21(27)23-20)13-12-24(2)3/h8-11H,4-7,12-14H2,1-3H3,(H,22,26). The quantitative estimate of drug-likeness (QED) is 0.572. The van der Waals surface area contributed by atoms with Gasteiger partial charge in [0.1, 0.15) is 5.03 Å². The van der Waals surface area contributed by atoms with Crippen LogP contribution in [0.3, 0.4) is 0 Å². The van der Waals surface area contributed by atoms with Crippen LogP contribution in [0, 0.1) is 6.92 Å². The van der Waals surface area contributed by atoms with Gasteiger partial charge in [0.15, 0.2) is 0 Å². The molecule has 28 heavy (non-hydrogen) atoms. The van der Waals surface area contributed by atoms with Crippen molar-refractivity contribution in [3.8, 4) is 0 Å². The van der Waals surface area contributed by atoms with Crippen LogP contribution in [0.1, 0.15) is 29.7 Å². The average Bonchev–Trinajstić information content (AvgIpc) is 2.67. The first-order valence-electron chi connectivity index (χ1n) is 9.70. The van der Waals surface area contributed by atoms with Crippen molar-refractivity contribution >= 4 is 23.4 Å². The molecule has 0 atom stereocenters. The summed E-state index contributed by atoms with van der Waals surface area (Å²) in [7, 11) is 4.00. The average molecular weight is 401 g/mol. The van der Waals surface area contributed by atoms with Crippen molar-refractivity contribution in [1.29, 1.82) is 0 Å². The zero-order valence-corrected chi connectivity index (χ0v) is 17.6. The zero-order valence-electron chi connectivity index (χ0n) is 16.8. The van der Waals surface area contributed by atoms with Crippen LogP contribution in [0.15, 0.2) is 34.1 Å². The molecule has 1 aromatic carbocycles. The Balaban J connectivity index is 1.73. The van der Waals surface area contributed by atoms with Crippen LogP contribution in [-0.4, -0.2) is 46.8 Å². The number of anilines is 1. The number of carbonyl (C=O) groups excluding carboxylic acids is 1. The summed E-state index contributed by atoms with van der Waals surface area (Å²) >= 11 is 1.37. The number of nitrogens with zero attached hydrogens (tertiary/aromatic N) is 3. The topological polar surface area (TPSA) is 67.2 Å². The lowest BCUT2D eigenvalue weighted by atomic mass is 9.97. The van der Waals surface area contributed by atoms with Crippen molar-refractivity contribution < 1.29 is 4.79 Å². The Labute approximate surface area is 170 Å². The minimum absolute atomic E-state index is 0.0861. The molecule has 2 aromatic rings. The molecule has 1 aliphatic rings. The van der Waals surface area contributed by atoms with Crippen LogP contribution in [0.2, 0.25) is 0 Å². The van der Waals surface area contributed by atoms with E-state index in [0.29, 0.717) is 6.54 Å². The predicted octanol–water partition coefficient (Wildman–Crippen LogP) is 2.72. The largest absolute Gasteiger partial charge is 0.348 e. The summed E-state index contributed by atoms with van der Waals surface area (Å²) in [5, 5.41) is 3.62. The Morgan fingerprint density at radius 3 is 2.64 bits per heavy atom. The number of rotatable bonds is 7. The summed E-state index contributed by atoms with van der Waals surface area (Å²) in [5.74, 6) is 0.158. The molecule has 6 nitrogen and oxygen atoms in total. The monoisotopic (exact) mass is 400 g/mol. The predicted molar refractivity (Wildman–Crippen MR) is 114 cm³/mol. The Bertz CT molecular complexity index is 891. The molecule has 3 rings (SSSR count). The maximum atomic E-state index is 12.6. The van der Waals surface area contributed by atoms with Gasteiger partial charge >= 0.3 is 5.69 Å². The molecule has 150 valence electrons. The third kappa shape index (κ3) is 5.23. The molecule has 1 aromatic heterocycles. The van der Waals surface area contributed by atoms with E-state index in [-0.39, 0.29) is 17.3 Å². The Hall–Kier alpha value is -2.12. The fourth-order valence-electron chi connectivity index (χ4n) is 3.37. The summed E-state index contributed by atoms with van der Waals surface area (Å²) in [5.41, 5.74) is 3.99. The molecule has 0 saturated heterocycles. The van der Waals surface area contributed by atoms with Crippen LogP contribution in [0.25, 0.3) is 0 Å². The third-order valence-electron chi connectivity index (χ3n) is 4.90. The second-order valence-electron chi connectivity index (χ2n) is 7.49. The van der Waals surface area contributed by atoms with Crippen LogP contribution in [-0.2, 0) is 24.2 Å². The second kappa shape index (κ2) is 9.39. The lowest BCUT2D eigenvalue weighted by Crippen LogP contribution is -2.33. The minimum Gasteiger partial charge on any atom is -0.325 e. The van der Waals surface area contributed by atoms with Crippen molar-refractivity contribution in [2.24, 2.45) is 0 Å². The summed E-state index contributed by atoms with van der Waals surface area (Å²) in [6, 6.07) is 7.72. The molecule has 0 saturated carbocycles. The fourth-order valence-corrected chi connectivity index (χ4v) is 4.24.